The smallest absolute Gasteiger partial charge is 0.273 e. The minimum atomic E-state index is -1.73. The van der Waals surface area contributed by atoms with Gasteiger partial charge in [0.1, 0.15) is 0 Å². The first kappa shape index (κ1) is 11.4. The zero-order valence-electron chi connectivity index (χ0n) is 9.97. The number of hydrogen-bond donors (Lipinski definition) is 0. The molecule has 0 bridgehead atoms. The van der Waals surface area contributed by atoms with Crippen molar-refractivity contribution in [2.24, 2.45) is 0 Å². The maximum Gasteiger partial charge on any atom is 0.273 e. The lowest BCUT2D eigenvalue weighted by atomic mass is 10.2. The van der Waals surface area contributed by atoms with E-state index in [0.717, 1.165) is 5.56 Å². The summed E-state index contributed by atoms with van der Waals surface area (Å²) in [4.78, 5) is 0. The number of aryl methyl sites for hydroxylation is 1. The Morgan fingerprint density at radius 1 is 1.29 bits per heavy atom. The van der Waals surface area contributed by atoms with Gasteiger partial charge in [0.2, 0.25) is 0 Å². The molecule has 1 aromatic rings. The van der Waals surface area contributed by atoms with E-state index >= 15 is 0 Å². The van der Waals surface area contributed by atoms with Crippen molar-refractivity contribution in [1.29, 1.82) is 0 Å². The monoisotopic (exact) mass is 212 g/mol. The molecule has 2 nitrogen and oxygen atoms in total. The zero-order chi connectivity index (χ0) is 11.0. The average molecular weight is 212 g/mol. The van der Waals surface area contributed by atoms with Crippen LogP contribution in [0.5, 0.6) is 5.95 Å². The number of furan rings is 1. The van der Waals surface area contributed by atoms with E-state index in [1.165, 1.54) is 0 Å². The first-order valence-electron chi connectivity index (χ1n) is 4.97. The van der Waals surface area contributed by atoms with Gasteiger partial charge in [-0.3, -0.25) is 0 Å². The topological polar surface area (TPSA) is 22.4 Å². The molecule has 14 heavy (non-hydrogen) atoms. The second-order valence-electron chi connectivity index (χ2n) is 5.25. The van der Waals surface area contributed by atoms with Gasteiger partial charge in [-0.25, -0.2) is 0 Å². The van der Waals surface area contributed by atoms with Gasteiger partial charge in [-0.1, -0.05) is 20.8 Å². The van der Waals surface area contributed by atoms with Crippen LogP contribution in [0.25, 0.3) is 0 Å². The summed E-state index contributed by atoms with van der Waals surface area (Å²) in [6, 6.07) is 1.93. The Bertz CT molecular complexity index is 307. The van der Waals surface area contributed by atoms with Crippen LogP contribution in [0.3, 0.4) is 0 Å². The van der Waals surface area contributed by atoms with Gasteiger partial charge < -0.3 is 8.84 Å². The van der Waals surface area contributed by atoms with Crippen molar-refractivity contribution in [1.82, 2.24) is 0 Å². The van der Waals surface area contributed by atoms with Gasteiger partial charge in [-0.15, -0.1) is 0 Å². The average Bonchev–Trinajstić information content (AvgIpc) is 2.33. The van der Waals surface area contributed by atoms with Crippen LogP contribution >= 0.6 is 0 Å². The maximum atomic E-state index is 6.01. The second kappa shape index (κ2) is 3.46. The van der Waals surface area contributed by atoms with Gasteiger partial charge in [0.05, 0.1) is 6.26 Å². The fraction of sp³-hybridized carbons (Fsp3) is 0.636. The minimum Gasteiger partial charge on any atom is -0.518 e. The first-order valence-corrected chi connectivity index (χ1v) is 7.88. The quantitative estimate of drug-likeness (QED) is 0.692. The van der Waals surface area contributed by atoms with Crippen LogP contribution in [0, 0.1) is 6.92 Å². The van der Waals surface area contributed by atoms with Gasteiger partial charge in [-0.05, 0) is 31.1 Å². The lowest BCUT2D eigenvalue weighted by molar-refractivity contribution is 0.364. The van der Waals surface area contributed by atoms with Gasteiger partial charge in [-0.2, -0.15) is 0 Å². The van der Waals surface area contributed by atoms with E-state index in [-0.39, 0.29) is 5.04 Å². The lowest BCUT2D eigenvalue weighted by Crippen LogP contribution is -2.43. The van der Waals surface area contributed by atoms with Crippen LogP contribution in [-0.2, 0) is 0 Å². The Balaban J connectivity index is 2.84. The second-order valence-corrected chi connectivity index (χ2v) is 9.98. The molecule has 0 saturated heterocycles. The molecule has 1 rings (SSSR count). The number of hydrogen-bond acceptors (Lipinski definition) is 2. The molecule has 0 aromatic carbocycles. The molecule has 0 spiro atoms. The van der Waals surface area contributed by atoms with Crippen molar-refractivity contribution in [2.45, 2.75) is 45.8 Å². The van der Waals surface area contributed by atoms with Crippen LogP contribution in [-0.4, -0.2) is 8.32 Å². The fourth-order valence-corrected chi connectivity index (χ4v) is 1.83. The van der Waals surface area contributed by atoms with Crippen LogP contribution in [0.4, 0.5) is 0 Å². The molecule has 0 unspecified atom stereocenters. The molecule has 0 saturated carbocycles. The molecule has 0 radical (unpaired) electrons. The Hall–Kier alpha value is -0.703. The fourth-order valence-electron chi connectivity index (χ4n) is 0.848. The molecule has 0 atom stereocenters. The van der Waals surface area contributed by atoms with E-state index in [0.29, 0.717) is 5.95 Å². The standard InChI is InChI=1S/C11H20O2Si/c1-9-7-8-12-10(9)13-14(5,6)11(2,3)4/h7-8H,1-6H3. The molecule has 0 fully saturated rings. The van der Waals surface area contributed by atoms with Crippen molar-refractivity contribution in [3.05, 3.63) is 17.9 Å². The third-order valence-electron chi connectivity index (χ3n) is 2.97. The summed E-state index contributed by atoms with van der Waals surface area (Å²) < 4.78 is 11.3. The Morgan fingerprint density at radius 2 is 1.86 bits per heavy atom. The summed E-state index contributed by atoms with van der Waals surface area (Å²) in [7, 11) is -1.73. The minimum absolute atomic E-state index is 0.215. The largest absolute Gasteiger partial charge is 0.518 e. The first-order chi connectivity index (χ1) is 6.24. The van der Waals surface area contributed by atoms with E-state index in [1.807, 2.05) is 13.0 Å². The van der Waals surface area contributed by atoms with Gasteiger partial charge in [0.25, 0.3) is 14.3 Å². The van der Waals surface area contributed by atoms with Crippen LogP contribution in [0.1, 0.15) is 26.3 Å². The van der Waals surface area contributed by atoms with Gasteiger partial charge in [0.15, 0.2) is 0 Å². The van der Waals surface area contributed by atoms with E-state index in [1.54, 1.807) is 6.26 Å². The van der Waals surface area contributed by atoms with Gasteiger partial charge in [0, 0.05) is 5.56 Å². The van der Waals surface area contributed by atoms with Crippen LogP contribution < -0.4 is 4.43 Å². The van der Waals surface area contributed by atoms with Crippen molar-refractivity contribution in [3.8, 4) is 5.95 Å². The molecule has 0 aliphatic carbocycles. The zero-order valence-corrected chi connectivity index (χ0v) is 11.0. The summed E-state index contributed by atoms with van der Waals surface area (Å²) in [5.41, 5.74) is 1.08. The van der Waals surface area contributed by atoms with Crippen LogP contribution in [0.15, 0.2) is 16.7 Å². The highest BCUT2D eigenvalue weighted by atomic mass is 28.4. The third-order valence-corrected chi connectivity index (χ3v) is 7.28. The Morgan fingerprint density at radius 3 is 2.21 bits per heavy atom. The molecule has 1 heterocycles. The van der Waals surface area contributed by atoms with E-state index in [2.05, 4.69) is 33.9 Å². The summed E-state index contributed by atoms with van der Waals surface area (Å²) in [6.07, 6.45) is 1.68. The molecule has 0 aliphatic rings. The lowest BCUT2D eigenvalue weighted by Gasteiger charge is -2.35. The molecule has 1 aromatic heterocycles. The molecular formula is C11H20O2Si. The molecule has 0 aliphatic heterocycles. The highest BCUT2D eigenvalue weighted by Gasteiger charge is 2.39. The molecule has 80 valence electrons. The molecule has 0 N–H and O–H groups in total. The predicted molar refractivity (Wildman–Crippen MR) is 61.3 cm³/mol. The summed E-state index contributed by atoms with van der Waals surface area (Å²) in [5.74, 6) is 0.691. The summed E-state index contributed by atoms with van der Waals surface area (Å²) >= 11 is 0. The van der Waals surface area contributed by atoms with Crippen molar-refractivity contribution >= 4 is 8.32 Å². The third kappa shape index (κ3) is 2.21. The summed E-state index contributed by atoms with van der Waals surface area (Å²) in [6.45, 7) is 13.1. The SMILES string of the molecule is Cc1ccoc1O[Si](C)(C)C(C)(C)C. The Kier molecular flexibility index (Phi) is 2.81. The molecule has 0 amide bonds. The predicted octanol–water partition coefficient (Wildman–Crippen LogP) is 3.97. The van der Waals surface area contributed by atoms with Crippen molar-refractivity contribution in [2.75, 3.05) is 0 Å². The van der Waals surface area contributed by atoms with E-state index in [9.17, 15) is 0 Å². The van der Waals surface area contributed by atoms with E-state index in [4.69, 9.17) is 8.84 Å². The molecular weight excluding hydrogens is 192 g/mol. The van der Waals surface area contributed by atoms with Crippen molar-refractivity contribution < 1.29 is 8.84 Å². The highest BCUT2D eigenvalue weighted by molar-refractivity contribution is 6.74. The normalized spacial score (nSPS) is 13.0. The maximum absolute atomic E-state index is 6.01. The summed E-state index contributed by atoms with van der Waals surface area (Å²) in [5, 5.41) is 0.215. The molecule has 3 heteroatoms. The number of rotatable bonds is 2. The highest BCUT2D eigenvalue weighted by Crippen LogP contribution is 2.38. The van der Waals surface area contributed by atoms with E-state index < -0.39 is 8.32 Å². The van der Waals surface area contributed by atoms with Crippen LogP contribution in [0.2, 0.25) is 18.1 Å². The van der Waals surface area contributed by atoms with Crippen molar-refractivity contribution in [3.63, 3.8) is 0 Å². The van der Waals surface area contributed by atoms with Gasteiger partial charge >= 0.3 is 0 Å². The Labute approximate surface area is 87.4 Å².